The minimum Gasteiger partial charge on any atom is -0.356 e. The number of aryl methyl sites for hydroxylation is 1. The zero-order valence-corrected chi connectivity index (χ0v) is 9.18. The number of hydrogen-bond acceptors (Lipinski definition) is 3. The van der Waals surface area contributed by atoms with Crippen LogP contribution in [0, 0.1) is 26.2 Å². The Labute approximate surface area is 88.9 Å². The van der Waals surface area contributed by atoms with Crippen molar-refractivity contribution in [2.75, 3.05) is 5.32 Å². The third-order valence-electron chi connectivity index (χ3n) is 1.80. The van der Waals surface area contributed by atoms with Gasteiger partial charge in [-0.15, -0.1) is 6.42 Å². The van der Waals surface area contributed by atoms with Crippen LogP contribution < -0.4 is 5.32 Å². The molecule has 3 nitrogen and oxygen atoms in total. The highest BCUT2D eigenvalue weighted by atomic mass is 35.5. The fourth-order valence-electron chi connectivity index (χ4n) is 0.982. The van der Waals surface area contributed by atoms with Crippen LogP contribution in [-0.2, 0) is 0 Å². The monoisotopic (exact) mass is 209 g/mol. The molecule has 0 aliphatic carbocycles. The smallest absolute Gasteiger partial charge is 0.137 e. The van der Waals surface area contributed by atoms with E-state index in [1.165, 1.54) is 0 Å². The third-order valence-corrected chi connectivity index (χ3v) is 2.17. The number of nitrogens with one attached hydrogen (secondary N) is 1. The average Bonchev–Trinajstić information content (AvgIpc) is 2.13. The Morgan fingerprint density at radius 3 is 2.64 bits per heavy atom. The van der Waals surface area contributed by atoms with Crippen molar-refractivity contribution < 1.29 is 0 Å². The Morgan fingerprint density at radius 1 is 1.43 bits per heavy atom. The molecule has 0 spiro atoms. The van der Waals surface area contributed by atoms with Gasteiger partial charge in [0, 0.05) is 5.56 Å². The standard InChI is InChI=1S/C10H12ClN3/c1-5-6(2)12-10-7(3)9(11)13-8(4)14-10/h1,6H,2-4H3,(H,12,13,14). The highest BCUT2D eigenvalue weighted by Crippen LogP contribution is 2.19. The molecule has 14 heavy (non-hydrogen) atoms. The Kier molecular flexibility index (Phi) is 3.32. The summed E-state index contributed by atoms with van der Waals surface area (Å²) in [7, 11) is 0. The Morgan fingerprint density at radius 2 is 2.07 bits per heavy atom. The van der Waals surface area contributed by atoms with Gasteiger partial charge in [0.15, 0.2) is 0 Å². The van der Waals surface area contributed by atoms with Gasteiger partial charge in [0.2, 0.25) is 0 Å². The minimum atomic E-state index is -0.0703. The Bertz CT molecular complexity index is 382. The highest BCUT2D eigenvalue weighted by molar-refractivity contribution is 6.30. The van der Waals surface area contributed by atoms with Crippen LogP contribution in [-0.4, -0.2) is 16.0 Å². The summed E-state index contributed by atoms with van der Waals surface area (Å²) in [4.78, 5) is 8.25. The van der Waals surface area contributed by atoms with Crippen LogP contribution in [0.15, 0.2) is 0 Å². The lowest BCUT2D eigenvalue weighted by Crippen LogP contribution is -2.15. The van der Waals surface area contributed by atoms with Gasteiger partial charge in [-0.1, -0.05) is 17.5 Å². The molecule has 1 N–H and O–H groups in total. The molecule has 0 aliphatic heterocycles. The normalized spacial score (nSPS) is 11.9. The molecule has 1 atom stereocenters. The van der Waals surface area contributed by atoms with Crippen LogP contribution in [0.5, 0.6) is 0 Å². The van der Waals surface area contributed by atoms with E-state index in [4.69, 9.17) is 18.0 Å². The van der Waals surface area contributed by atoms with Gasteiger partial charge in [-0.3, -0.25) is 0 Å². The van der Waals surface area contributed by atoms with E-state index in [1.54, 1.807) is 6.92 Å². The first-order valence-corrected chi connectivity index (χ1v) is 4.65. The van der Waals surface area contributed by atoms with Crippen LogP contribution >= 0.6 is 11.6 Å². The Balaban J connectivity index is 3.03. The second-order valence-electron chi connectivity index (χ2n) is 3.07. The summed E-state index contributed by atoms with van der Waals surface area (Å²) in [5.74, 6) is 3.90. The van der Waals surface area contributed by atoms with E-state index in [0.29, 0.717) is 16.8 Å². The molecule has 1 aromatic heterocycles. The third kappa shape index (κ3) is 2.36. The molecule has 1 unspecified atom stereocenters. The molecule has 0 saturated heterocycles. The van der Waals surface area contributed by atoms with Gasteiger partial charge in [0.1, 0.15) is 16.8 Å². The van der Waals surface area contributed by atoms with Crippen LogP contribution in [0.4, 0.5) is 5.82 Å². The van der Waals surface area contributed by atoms with Crippen molar-refractivity contribution in [1.29, 1.82) is 0 Å². The summed E-state index contributed by atoms with van der Waals surface area (Å²) in [5, 5.41) is 3.53. The lowest BCUT2D eigenvalue weighted by atomic mass is 10.3. The largest absolute Gasteiger partial charge is 0.356 e. The summed E-state index contributed by atoms with van der Waals surface area (Å²) >= 11 is 5.90. The maximum absolute atomic E-state index is 5.90. The molecule has 0 fully saturated rings. The molecule has 0 radical (unpaired) electrons. The maximum atomic E-state index is 5.90. The molecule has 74 valence electrons. The first kappa shape index (κ1) is 10.8. The van der Waals surface area contributed by atoms with Crippen molar-refractivity contribution in [2.45, 2.75) is 26.8 Å². The number of rotatable bonds is 2. The summed E-state index contributed by atoms with van der Waals surface area (Å²) in [6.45, 7) is 5.52. The van der Waals surface area contributed by atoms with E-state index in [1.807, 2.05) is 13.8 Å². The molecule has 4 heteroatoms. The first-order valence-electron chi connectivity index (χ1n) is 4.28. The highest BCUT2D eigenvalue weighted by Gasteiger charge is 2.08. The summed E-state index contributed by atoms with van der Waals surface area (Å²) in [5.41, 5.74) is 0.819. The summed E-state index contributed by atoms with van der Waals surface area (Å²) in [6.07, 6.45) is 5.26. The Hall–Kier alpha value is -1.27. The topological polar surface area (TPSA) is 37.8 Å². The number of nitrogens with zero attached hydrogens (tertiary/aromatic N) is 2. The molecular weight excluding hydrogens is 198 g/mol. The van der Waals surface area contributed by atoms with Crippen molar-refractivity contribution in [3.8, 4) is 12.3 Å². The molecular formula is C10H12ClN3. The number of anilines is 1. The van der Waals surface area contributed by atoms with Crippen LogP contribution in [0.3, 0.4) is 0 Å². The lowest BCUT2D eigenvalue weighted by molar-refractivity contribution is 0.966. The van der Waals surface area contributed by atoms with Gasteiger partial charge in [-0.2, -0.15) is 0 Å². The molecule has 1 heterocycles. The number of hydrogen-bond donors (Lipinski definition) is 1. The minimum absolute atomic E-state index is 0.0703. The van der Waals surface area contributed by atoms with E-state index in [9.17, 15) is 0 Å². The molecule has 0 aliphatic rings. The number of aromatic nitrogens is 2. The SMILES string of the molecule is C#CC(C)Nc1nc(C)nc(Cl)c1C. The molecule has 0 bridgehead atoms. The fourth-order valence-corrected chi connectivity index (χ4v) is 1.19. The zero-order chi connectivity index (χ0) is 10.7. The van der Waals surface area contributed by atoms with Crippen LogP contribution in [0.2, 0.25) is 5.15 Å². The average molecular weight is 210 g/mol. The van der Waals surface area contributed by atoms with Gasteiger partial charge in [0.25, 0.3) is 0 Å². The van der Waals surface area contributed by atoms with Crippen LogP contribution in [0.25, 0.3) is 0 Å². The fraction of sp³-hybridized carbons (Fsp3) is 0.400. The quantitative estimate of drug-likeness (QED) is 0.599. The van der Waals surface area contributed by atoms with Crippen molar-refractivity contribution in [3.63, 3.8) is 0 Å². The first-order chi connectivity index (χ1) is 6.54. The summed E-state index contributed by atoms with van der Waals surface area (Å²) < 4.78 is 0. The van der Waals surface area contributed by atoms with Crippen LogP contribution in [0.1, 0.15) is 18.3 Å². The van der Waals surface area contributed by atoms with E-state index in [-0.39, 0.29) is 6.04 Å². The van der Waals surface area contributed by atoms with Gasteiger partial charge in [0.05, 0.1) is 6.04 Å². The number of halogens is 1. The lowest BCUT2D eigenvalue weighted by Gasteiger charge is -2.12. The maximum Gasteiger partial charge on any atom is 0.137 e. The van der Waals surface area contributed by atoms with E-state index >= 15 is 0 Å². The molecule has 1 rings (SSSR count). The zero-order valence-electron chi connectivity index (χ0n) is 8.43. The predicted octanol–water partition coefficient (Wildman–Crippen LogP) is 2.18. The van der Waals surface area contributed by atoms with Crippen molar-refractivity contribution in [3.05, 3.63) is 16.5 Å². The number of terminal acetylenes is 1. The van der Waals surface area contributed by atoms with E-state index in [2.05, 4.69) is 21.2 Å². The second-order valence-corrected chi connectivity index (χ2v) is 3.43. The predicted molar refractivity (Wildman–Crippen MR) is 58.4 cm³/mol. The van der Waals surface area contributed by atoms with Gasteiger partial charge in [-0.05, 0) is 20.8 Å². The van der Waals surface area contributed by atoms with Crippen molar-refractivity contribution >= 4 is 17.4 Å². The van der Waals surface area contributed by atoms with Crippen molar-refractivity contribution in [2.24, 2.45) is 0 Å². The molecule has 0 aromatic carbocycles. The second kappa shape index (κ2) is 4.30. The van der Waals surface area contributed by atoms with Gasteiger partial charge in [-0.25, -0.2) is 9.97 Å². The van der Waals surface area contributed by atoms with E-state index in [0.717, 1.165) is 5.56 Å². The van der Waals surface area contributed by atoms with Gasteiger partial charge < -0.3 is 5.32 Å². The molecule has 1 aromatic rings. The molecule has 0 saturated carbocycles. The molecule has 0 amide bonds. The van der Waals surface area contributed by atoms with Crippen molar-refractivity contribution in [1.82, 2.24) is 9.97 Å². The summed E-state index contributed by atoms with van der Waals surface area (Å²) in [6, 6.07) is -0.0703. The van der Waals surface area contributed by atoms with E-state index < -0.39 is 0 Å². The van der Waals surface area contributed by atoms with Gasteiger partial charge >= 0.3 is 0 Å².